The highest BCUT2D eigenvalue weighted by Crippen LogP contribution is 2.22. The highest BCUT2D eigenvalue weighted by Gasteiger charge is 2.27. The second kappa shape index (κ2) is 2.87. The van der Waals surface area contributed by atoms with Gasteiger partial charge in [0.15, 0.2) is 5.82 Å². The molecule has 1 amide bonds. The Balaban J connectivity index is 2.40. The van der Waals surface area contributed by atoms with Gasteiger partial charge in [-0.3, -0.25) is 9.69 Å². The third kappa shape index (κ3) is 1.14. The van der Waals surface area contributed by atoms with Gasteiger partial charge in [0.25, 0.3) is 0 Å². The van der Waals surface area contributed by atoms with Gasteiger partial charge in [0.1, 0.15) is 6.07 Å². The lowest BCUT2D eigenvalue weighted by Crippen LogP contribution is -2.44. The Morgan fingerprint density at radius 1 is 1.62 bits per heavy atom. The molecule has 64 valence electrons. The van der Waals surface area contributed by atoms with E-state index in [9.17, 15) is 4.79 Å². The highest BCUT2D eigenvalue weighted by atomic mass is 16.2. The molecule has 0 atom stereocenters. The van der Waals surface area contributed by atoms with Crippen molar-refractivity contribution in [1.29, 1.82) is 5.26 Å². The summed E-state index contributed by atoms with van der Waals surface area (Å²) in [7, 11) is 0. The molecule has 1 aromatic heterocycles. The molecule has 1 aliphatic heterocycles. The molecule has 2 heterocycles. The number of nitrogens with zero attached hydrogens (tertiary/aromatic N) is 3. The van der Waals surface area contributed by atoms with Crippen LogP contribution in [-0.2, 0) is 4.79 Å². The van der Waals surface area contributed by atoms with Crippen molar-refractivity contribution in [2.45, 2.75) is 6.42 Å². The van der Waals surface area contributed by atoms with E-state index in [1.54, 1.807) is 18.3 Å². The maximum atomic E-state index is 11.1. The van der Waals surface area contributed by atoms with Gasteiger partial charge in [-0.15, -0.1) is 0 Å². The molecular weight excluding hydrogens is 166 g/mol. The molecule has 4 heteroatoms. The molecule has 0 aliphatic carbocycles. The lowest BCUT2D eigenvalue weighted by Gasteiger charge is -2.29. The van der Waals surface area contributed by atoms with Crippen molar-refractivity contribution in [2.75, 3.05) is 11.4 Å². The molecule has 1 aromatic rings. The number of anilines is 1. The van der Waals surface area contributed by atoms with E-state index in [0.29, 0.717) is 24.3 Å². The number of carbonyl (C=O) groups is 1. The Labute approximate surface area is 75.4 Å². The second-order valence-corrected chi connectivity index (χ2v) is 2.78. The van der Waals surface area contributed by atoms with Crippen LogP contribution in [-0.4, -0.2) is 17.4 Å². The summed E-state index contributed by atoms with van der Waals surface area (Å²) in [4.78, 5) is 16.6. The maximum absolute atomic E-state index is 11.1. The molecule has 0 aromatic carbocycles. The molecule has 13 heavy (non-hydrogen) atoms. The summed E-state index contributed by atoms with van der Waals surface area (Å²) in [5, 5.41) is 8.75. The Hall–Kier alpha value is -1.89. The van der Waals surface area contributed by atoms with Gasteiger partial charge in [-0.05, 0) is 12.1 Å². The first-order chi connectivity index (χ1) is 6.33. The first-order valence-corrected chi connectivity index (χ1v) is 3.98. The summed E-state index contributed by atoms with van der Waals surface area (Å²) in [6, 6.07) is 5.36. The number of pyridine rings is 1. The zero-order valence-corrected chi connectivity index (χ0v) is 6.90. The molecular formula is C9H7N3O. The summed E-state index contributed by atoms with van der Waals surface area (Å²) < 4.78 is 0. The van der Waals surface area contributed by atoms with Crippen molar-refractivity contribution in [3.63, 3.8) is 0 Å². The van der Waals surface area contributed by atoms with Gasteiger partial charge in [0.05, 0.1) is 5.56 Å². The van der Waals surface area contributed by atoms with E-state index >= 15 is 0 Å². The van der Waals surface area contributed by atoms with Crippen LogP contribution in [0.25, 0.3) is 0 Å². The molecule has 0 saturated carbocycles. The molecule has 0 N–H and O–H groups in total. The SMILES string of the molecule is N#Cc1cccnc1N1CCC1=O. The Morgan fingerprint density at radius 3 is 3.00 bits per heavy atom. The van der Waals surface area contributed by atoms with E-state index in [2.05, 4.69) is 4.98 Å². The molecule has 4 nitrogen and oxygen atoms in total. The Bertz CT molecular complexity index is 394. The normalized spacial score (nSPS) is 15.0. The van der Waals surface area contributed by atoms with Gasteiger partial charge in [0, 0.05) is 19.2 Å². The van der Waals surface area contributed by atoms with Crippen LogP contribution in [0.5, 0.6) is 0 Å². The average Bonchev–Trinajstić information content (AvgIpc) is 2.16. The second-order valence-electron chi connectivity index (χ2n) is 2.78. The van der Waals surface area contributed by atoms with E-state index in [1.807, 2.05) is 6.07 Å². The topological polar surface area (TPSA) is 57.0 Å². The summed E-state index contributed by atoms with van der Waals surface area (Å²) in [5.74, 6) is 0.524. The lowest BCUT2D eigenvalue weighted by atomic mass is 10.1. The molecule has 0 radical (unpaired) electrons. The number of hydrogen-bond donors (Lipinski definition) is 0. The predicted octanol–water partition coefficient (Wildman–Crippen LogP) is 0.690. The van der Waals surface area contributed by atoms with E-state index in [1.165, 1.54) is 4.90 Å². The van der Waals surface area contributed by atoms with Crippen LogP contribution >= 0.6 is 0 Å². The van der Waals surface area contributed by atoms with Crippen LogP contribution in [0.4, 0.5) is 5.82 Å². The summed E-state index contributed by atoms with van der Waals surface area (Å²) in [6.07, 6.45) is 2.14. The van der Waals surface area contributed by atoms with Crippen molar-refractivity contribution in [3.05, 3.63) is 23.9 Å². The first-order valence-electron chi connectivity index (χ1n) is 3.98. The van der Waals surface area contributed by atoms with Crippen LogP contribution in [0.2, 0.25) is 0 Å². The fourth-order valence-corrected chi connectivity index (χ4v) is 1.24. The number of hydrogen-bond acceptors (Lipinski definition) is 3. The zero-order valence-electron chi connectivity index (χ0n) is 6.90. The Morgan fingerprint density at radius 2 is 2.46 bits per heavy atom. The van der Waals surface area contributed by atoms with Crippen molar-refractivity contribution in [1.82, 2.24) is 4.98 Å². The van der Waals surface area contributed by atoms with Gasteiger partial charge < -0.3 is 0 Å². The number of amides is 1. The third-order valence-corrected chi connectivity index (χ3v) is 2.01. The van der Waals surface area contributed by atoms with Crippen LogP contribution < -0.4 is 4.90 Å². The lowest BCUT2D eigenvalue weighted by molar-refractivity contribution is -0.122. The molecule has 1 saturated heterocycles. The minimum Gasteiger partial charge on any atom is -0.295 e. The number of aromatic nitrogens is 1. The highest BCUT2D eigenvalue weighted by molar-refractivity contribution is 5.99. The van der Waals surface area contributed by atoms with Gasteiger partial charge >= 0.3 is 0 Å². The first kappa shape index (κ1) is 7.74. The molecule has 2 rings (SSSR count). The number of nitriles is 1. The monoisotopic (exact) mass is 173 g/mol. The largest absolute Gasteiger partial charge is 0.295 e. The van der Waals surface area contributed by atoms with E-state index in [0.717, 1.165) is 0 Å². The number of carbonyl (C=O) groups excluding carboxylic acids is 1. The van der Waals surface area contributed by atoms with Gasteiger partial charge in [-0.25, -0.2) is 4.98 Å². The molecule has 1 aliphatic rings. The summed E-state index contributed by atoms with van der Waals surface area (Å²) in [5.41, 5.74) is 0.454. The number of β-lactam (4-membered cyclic amide) rings is 1. The van der Waals surface area contributed by atoms with Crippen molar-refractivity contribution >= 4 is 11.7 Å². The van der Waals surface area contributed by atoms with Crippen molar-refractivity contribution in [3.8, 4) is 6.07 Å². The van der Waals surface area contributed by atoms with Crippen LogP contribution in [0.1, 0.15) is 12.0 Å². The minimum absolute atomic E-state index is 0.0372. The molecule has 0 spiro atoms. The Kier molecular flexibility index (Phi) is 1.71. The smallest absolute Gasteiger partial charge is 0.229 e. The maximum Gasteiger partial charge on any atom is 0.229 e. The molecule has 1 fully saturated rings. The van der Waals surface area contributed by atoms with Gasteiger partial charge in [-0.2, -0.15) is 5.26 Å². The fraction of sp³-hybridized carbons (Fsp3) is 0.222. The summed E-state index contributed by atoms with van der Waals surface area (Å²) >= 11 is 0. The molecule has 0 unspecified atom stereocenters. The van der Waals surface area contributed by atoms with Gasteiger partial charge in [-0.1, -0.05) is 0 Å². The third-order valence-electron chi connectivity index (χ3n) is 2.01. The van der Waals surface area contributed by atoms with Crippen LogP contribution in [0.3, 0.4) is 0 Å². The zero-order chi connectivity index (χ0) is 9.26. The minimum atomic E-state index is 0.0372. The van der Waals surface area contributed by atoms with Crippen molar-refractivity contribution in [2.24, 2.45) is 0 Å². The number of rotatable bonds is 1. The standard InChI is InChI=1S/C9H7N3O/c10-6-7-2-1-4-11-9(7)12-5-3-8(12)13/h1-2,4H,3,5H2. The van der Waals surface area contributed by atoms with Crippen LogP contribution in [0, 0.1) is 11.3 Å². The van der Waals surface area contributed by atoms with Crippen LogP contribution in [0.15, 0.2) is 18.3 Å². The molecule has 0 bridgehead atoms. The fourth-order valence-electron chi connectivity index (χ4n) is 1.24. The summed E-state index contributed by atoms with van der Waals surface area (Å²) in [6.45, 7) is 0.671. The average molecular weight is 173 g/mol. The quantitative estimate of drug-likeness (QED) is 0.587. The van der Waals surface area contributed by atoms with Gasteiger partial charge in [0.2, 0.25) is 5.91 Å². The van der Waals surface area contributed by atoms with Crippen molar-refractivity contribution < 1.29 is 4.79 Å². The van der Waals surface area contributed by atoms with E-state index < -0.39 is 0 Å². The van der Waals surface area contributed by atoms with E-state index in [-0.39, 0.29) is 5.91 Å². The van der Waals surface area contributed by atoms with E-state index in [4.69, 9.17) is 5.26 Å². The predicted molar refractivity (Wildman–Crippen MR) is 45.9 cm³/mol.